The summed E-state index contributed by atoms with van der Waals surface area (Å²) in [5.41, 5.74) is 1.30. The van der Waals surface area contributed by atoms with E-state index in [1.165, 1.54) is 25.5 Å². The number of phenolic OH excluding ortho intramolecular Hbond substituents is 1. The van der Waals surface area contributed by atoms with Gasteiger partial charge in [0.2, 0.25) is 0 Å². The Balaban J connectivity index is 2.17. The molecule has 7 heteroatoms. The topological polar surface area (TPSA) is 88.0 Å². The number of hydrogen-bond donors (Lipinski definition) is 2. The Morgan fingerprint density at radius 3 is 2.50 bits per heavy atom. The fraction of sp³-hybridized carbons (Fsp3) is 0.133. The molecule has 116 valence electrons. The number of phenols is 1. The molecule has 0 unspecified atom stereocenters. The molecule has 0 aliphatic carbocycles. The summed E-state index contributed by atoms with van der Waals surface area (Å²) >= 11 is 0. The minimum atomic E-state index is -3.74. The number of methoxy groups -OCH3 is 1. The predicted octanol–water partition coefficient (Wildman–Crippen LogP) is 2.02. The number of ether oxygens (including phenoxy) is 1. The first-order valence-corrected chi connectivity index (χ1v) is 7.90. The maximum Gasteiger partial charge on any atom is 0.276 e. The van der Waals surface area contributed by atoms with E-state index in [1.807, 2.05) is 6.92 Å². The van der Waals surface area contributed by atoms with Gasteiger partial charge in [0.05, 0.1) is 18.2 Å². The zero-order chi connectivity index (χ0) is 16.2. The van der Waals surface area contributed by atoms with Gasteiger partial charge in [-0.1, -0.05) is 23.8 Å². The molecule has 2 rings (SSSR count). The van der Waals surface area contributed by atoms with Crippen molar-refractivity contribution < 1.29 is 18.3 Å². The Hall–Kier alpha value is -2.54. The van der Waals surface area contributed by atoms with Crippen molar-refractivity contribution in [2.24, 2.45) is 5.10 Å². The lowest BCUT2D eigenvalue weighted by Gasteiger charge is -2.06. The van der Waals surface area contributed by atoms with E-state index in [2.05, 4.69) is 9.93 Å². The van der Waals surface area contributed by atoms with Crippen molar-refractivity contribution in [3.63, 3.8) is 0 Å². The minimum absolute atomic E-state index is 0.108. The van der Waals surface area contributed by atoms with Crippen molar-refractivity contribution >= 4 is 16.2 Å². The number of benzene rings is 2. The Bertz CT molecular complexity index is 784. The second-order valence-corrected chi connectivity index (χ2v) is 6.22. The van der Waals surface area contributed by atoms with Crippen molar-refractivity contribution in [3.8, 4) is 11.5 Å². The molecular weight excluding hydrogens is 304 g/mol. The highest BCUT2D eigenvalue weighted by Gasteiger charge is 2.12. The first-order chi connectivity index (χ1) is 10.4. The van der Waals surface area contributed by atoms with Gasteiger partial charge < -0.3 is 9.84 Å². The van der Waals surface area contributed by atoms with Crippen LogP contribution in [0.15, 0.2) is 52.5 Å². The predicted molar refractivity (Wildman–Crippen MR) is 83.8 cm³/mol. The van der Waals surface area contributed by atoms with Gasteiger partial charge in [0.25, 0.3) is 10.0 Å². The minimum Gasteiger partial charge on any atom is -0.504 e. The number of hydrazone groups is 1. The first-order valence-electron chi connectivity index (χ1n) is 6.41. The van der Waals surface area contributed by atoms with Gasteiger partial charge >= 0.3 is 0 Å². The van der Waals surface area contributed by atoms with Crippen LogP contribution in [-0.4, -0.2) is 26.8 Å². The summed E-state index contributed by atoms with van der Waals surface area (Å²) in [5, 5.41) is 13.5. The molecule has 0 saturated carbocycles. The molecular formula is C15H16N2O4S. The average Bonchev–Trinajstić information content (AvgIpc) is 2.49. The molecule has 0 bridgehead atoms. The van der Waals surface area contributed by atoms with Crippen LogP contribution in [0.2, 0.25) is 0 Å². The summed E-state index contributed by atoms with van der Waals surface area (Å²) in [5.74, 6) is 0.175. The number of hydrogen-bond acceptors (Lipinski definition) is 5. The van der Waals surface area contributed by atoms with E-state index in [9.17, 15) is 13.5 Å². The third-order valence-corrected chi connectivity index (χ3v) is 4.20. The quantitative estimate of drug-likeness (QED) is 0.652. The van der Waals surface area contributed by atoms with Crippen LogP contribution < -0.4 is 9.57 Å². The van der Waals surface area contributed by atoms with Gasteiger partial charge in [0.15, 0.2) is 11.5 Å². The Morgan fingerprint density at radius 1 is 1.18 bits per heavy atom. The van der Waals surface area contributed by atoms with Crippen LogP contribution in [-0.2, 0) is 10.0 Å². The van der Waals surface area contributed by atoms with Crippen molar-refractivity contribution in [2.75, 3.05) is 7.11 Å². The molecule has 0 amide bonds. The molecule has 2 N–H and O–H groups in total. The molecule has 0 fully saturated rings. The standard InChI is InChI=1S/C15H16N2O4S/c1-11-6-8-13(9-7-11)22(19,20)17-16-10-12-4-3-5-14(21-2)15(12)18/h3-10,17-18H,1-2H3. The van der Waals surface area contributed by atoms with Crippen LogP contribution >= 0.6 is 0 Å². The van der Waals surface area contributed by atoms with Crippen molar-refractivity contribution in [1.82, 2.24) is 4.83 Å². The normalized spacial score (nSPS) is 11.5. The lowest BCUT2D eigenvalue weighted by Crippen LogP contribution is -2.18. The lowest BCUT2D eigenvalue weighted by molar-refractivity contribution is 0.373. The van der Waals surface area contributed by atoms with Crippen LogP contribution in [0.3, 0.4) is 0 Å². The summed E-state index contributed by atoms with van der Waals surface area (Å²) in [6.45, 7) is 1.87. The Kier molecular flexibility index (Phi) is 4.67. The van der Waals surface area contributed by atoms with E-state index in [4.69, 9.17) is 4.74 Å². The van der Waals surface area contributed by atoms with Gasteiger partial charge in [0, 0.05) is 5.56 Å². The van der Waals surface area contributed by atoms with E-state index in [0.717, 1.165) is 5.56 Å². The van der Waals surface area contributed by atoms with E-state index >= 15 is 0 Å². The van der Waals surface area contributed by atoms with Gasteiger partial charge in [-0.3, -0.25) is 0 Å². The number of para-hydroxylation sites is 1. The molecule has 2 aromatic carbocycles. The fourth-order valence-electron chi connectivity index (χ4n) is 1.74. The molecule has 0 heterocycles. The summed E-state index contributed by atoms with van der Waals surface area (Å²) in [7, 11) is -2.31. The van der Waals surface area contributed by atoms with Crippen LogP contribution in [0.25, 0.3) is 0 Å². The second kappa shape index (κ2) is 6.48. The van der Waals surface area contributed by atoms with Crippen molar-refractivity contribution in [2.45, 2.75) is 11.8 Å². The van der Waals surface area contributed by atoms with E-state index in [0.29, 0.717) is 5.56 Å². The number of nitrogens with zero attached hydrogens (tertiary/aromatic N) is 1. The zero-order valence-corrected chi connectivity index (χ0v) is 13.0. The van der Waals surface area contributed by atoms with Gasteiger partial charge in [0.1, 0.15) is 0 Å². The molecule has 6 nitrogen and oxygen atoms in total. The smallest absolute Gasteiger partial charge is 0.276 e. The monoisotopic (exact) mass is 320 g/mol. The molecule has 22 heavy (non-hydrogen) atoms. The molecule has 0 saturated heterocycles. The highest BCUT2D eigenvalue weighted by atomic mass is 32.2. The summed E-state index contributed by atoms with van der Waals surface area (Å²) in [6.07, 6.45) is 1.21. The molecule has 0 aliphatic rings. The molecule has 2 aromatic rings. The van der Waals surface area contributed by atoms with Crippen molar-refractivity contribution in [1.29, 1.82) is 0 Å². The number of sulfonamides is 1. The van der Waals surface area contributed by atoms with Gasteiger partial charge in [-0.25, -0.2) is 4.83 Å². The lowest BCUT2D eigenvalue weighted by atomic mass is 10.2. The molecule has 0 atom stereocenters. The second-order valence-electron chi connectivity index (χ2n) is 4.56. The molecule has 0 aromatic heterocycles. The van der Waals surface area contributed by atoms with Gasteiger partial charge in [-0.15, -0.1) is 0 Å². The SMILES string of the molecule is COc1cccc(C=NNS(=O)(=O)c2ccc(C)cc2)c1O. The Labute approximate surface area is 129 Å². The van der Waals surface area contributed by atoms with Gasteiger partial charge in [-0.05, 0) is 31.2 Å². The third-order valence-electron chi connectivity index (χ3n) is 2.96. The van der Waals surface area contributed by atoms with Crippen LogP contribution in [0.5, 0.6) is 11.5 Å². The van der Waals surface area contributed by atoms with Crippen LogP contribution in [0, 0.1) is 6.92 Å². The molecule has 0 spiro atoms. The number of aryl methyl sites for hydroxylation is 1. The highest BCUT2D eigenvalue weighted by Crippen LogP contribution is 2.27. The molecule has 0 radical (unpaired) electrons. The number of aromatic hydroxyl groups is 1. The molecule has 0 aliphatic heterocycles. The van der Waals surface area contributed by atoms with Crippen LogP contribution in [0.4, 0.5) is 0 Å². The average molecular weight is 320 g/mol. The summed E-state index contributed by atoms with van der Waals surface area (Å²) < 4.78 is 29.0. The summed E-state index contributed by atoms with van der Waals surface area (Å²) in [4.78, 5) is 2.21. The first kappa shape index (κ1) is 15.8. The zero-order valence-electron chi connectivity index (χ0n) is 12.1. The summed E-state index contributed by atoms with van der Waals surface area (Å²) in [6, 6.07) is 11.2. The number of rotatable bonds is 5. The van der Waals surface area contributed by atoms with E-state index in [1.54, 1.807) is 30.3 Å². The fourth-order valence-corrected chi connectivity index (χ4v) is 2.53. The van der Waals surface area contributed by atoms with E-state index < -0.39 is 10.0 Å². The van der Waals surface area contributed by atoms with Crippen LogP contribution in [0.1, 0.15) is 11.1 Å². The third kappa shape index (κ3) is 3.56. The van der Waals surface area contributed by atoms with Gasteiger partial charge in [-0.2, -0.15) is 13.5 Å². The van der Waals surface area contributed by atoms with E-state index in [-0.39, 0.29) is 16.4 Å². The Morgan fingerprint density at radius 2 is 1.86 bits per heavy atom. The van der Waals surface area contributed by atoms with Crippen molar-refractivity contribution in [3.05, 3.63) is 53.6 Å². The maximum absolute atomic E-state index is 12.0. The highest BCUT2D eigenvalue weighted by molar-refractivity contribution is 7.89. The largest absolute Gasteiger partial charge is 0.504 e. The number of nitrogens with one attached hydrogen (secondary N) is 1. The maximum atomic E-state index is 12.0.